The SMILES string of the molecule is COc1cc([C@@H]2CCc3ccc(OC)c(OC)c3O2)cc(OC)c1OC. The average Bonchev–Trinajstić information content (AvgIpc) is 2.70. The third kappa shape index (κ3) is 3.07. The number of methoxy groups -OCH3 is 5. The molecule has 0 bridgehead atoms. The Hall–Kier alpha value is -2.76. The van der Waals surface area contributed by atoms with Crippen LogP contribution in [0.2, 0.25) is 0 Å². The van der Waals surface area contributed by atoms with Gasteiger partial charge in [-0.15, -0.1) is 0 Å². The molecular weight excluding hydrogens is 336 g/mol. The lowest BCUT2D eigenvalue weighted by atomic mass is 9.96. The van der Waals surface area contributed by atoms with Gasteiger partial charge < -0.3 is 28.4 Å². The molecule has 1 atom stereocenters. The van der Waals surface area contributed by atoms with Gasteiger partial charge in [-0.3, -0.25) is 0 Å². The molecule has 0 saturated carbocycles. The van der Waals surface area contributed by atoms with E-state index in [0.717, 1.165) is 29.7 Å². The highest BCUT2D eigenvalue weighted by molar-refractivity contribution is 5.58. The lowest BCUT2D eigenvalue weighted by Gasteiger charge is -2.29. The molecule has 6 nitrogen and oxygen atoms in total. The topological polar surface area (TPSA) is 55.4 Å². The Morgan fingerprint density at radius 2 is 1.38 bits per heavy atom. The summed E-state index contributed by atoms with van der Waals surface area (Å²) in [5.74, 6) is 3.76. The Morgan fingerprint density at radius 1 is 0.769 bits per heavy atom. The number of rotatable bonds is 6. The van der Waals surface area contributed by atoms with E-state index in [-0.39, 0.29) is 6.10 Å². The van der Waals surface area contributed by atoms with Gasteiger partial charge in [0, 0.05) is 0 Å². The highest BCUT2D eigenvalue weighted by atomic mass is 16.5. The lowest BCUT2D eigenvalue weighted by molar-refractivity contribution is 0.166. The summed E-state index contributed by atoms with van der Waals surface area (Å²) in [6, 6.07) is 7.76. The van der Waals surface area contributed by atoms with Gasteiger partial charge in [0.15, 0.2) is 23.0 Å². The van der Waals surface area contributed by atoms with Crippen molar-refractivity contribution in [2.75, 3.05) is 35.5 Å². The second-order valence-electron chi connectivity index (χ2n) is 5.89. The predicted octanol–water partition coefficient (Wildman–Crippen LogP) is 3.80. The van der Waals surface area contributed by atoms with Crippen molar-refractivity contribution in [1.82, 2.24) is 0 Å². The molecule has 0 radical (unpaired) electrons. The van der Waals surface area contributed by atoms with E-state index in [1.54, 1.807) is 35.5 Å². The van der Waals surface area contributed by atoms with E-state index in [2.05, 4.69) is 0 Å². The van der Waals surface area contributed by atoms with Crippen molar-refractivity contribution in [3.8, 4) is 34.5 Å². The molecule has 0 aliphatic carbocycles. The van der Waals surface area contributed by atoms with E-state index in [0.29, 0.717) is 28.7 Å². The molecule has 1 heterocycles. The highest BCUT2D eigenvalue weighted by Crippen LogP contribution is 2.48. The van der Waals surface area contributed by atoms with Crippen LogP contribution >= 0.6 is 0 Å². The molecule has 2 aromatic carbocycles. The van der Waals surface area contributed by atoms with Crippen LogP contribution in [0.3, 0.4) is 0 Å². The van der Waals surface area contributed by atoms with E-state index < -0.39 is 0 Å². The fraction of sp³-hybridized carbons (Fsp3) is 0.400. The molecule has 0 N–H and O–H groups in total. The van der Waals surface area contributed by atoms with Crippen molar-refractivity contribution in [2.45, 2.75) is 18.9 Å². The summed E-state index contributed by atoms with van der Waals surface area (Å²) in [5.41, 5.74) is 2.06. The lowest BCUT2D eigenvalue weighted by Crippen LogP contribution is -2.16. The van der Waals surface area contributed by atoms with Crippen molar-refractivity contribution in [1.29, 1.82) is 0 Å². The maximum absolute atomic E-state index is 6.30. The summed E-state index contributed by atoms with van der Waals surface area (Å²) in [7, 11) is 8.02. The number of benzene rings is 2. The zero-order valence-corrected chi connectivity index (χ0v) is 15.8. The van der Waals surface area contributed by atoms with Gasteiger partial charge in [-0.25, -0.2) is 0 Å². The van der Waals surface area contributed by atoms with E-state index in [9.17, 15) is 0 Å². The average molecular weight is 360 g/mol. The maximum atomic E-state index is 6.30. The highest BCUT2D eigenvalue weighted by Gasteiger charge is 2.28. The second kappa shape index (κ2) is 7.64. The first kappa shape index (κ1) is 18.0. The van der Waals surface area contributed by atoms with E-state index in [1.165, 1.54) is 0 Å². The number of hydrogen-bond donors (Lipinski definition) is 0. The van der Waals surface area contributed by atoms with E-state index in [4.69, 9.17) is 28.4 Å². The largest absolute Gasteiger partial charge is 0.493 e. The zero-order chi connectivity index (χ0) is 18.7. The molecule has 0 saturated heterocycles. The van der Waals surface area contributed by atoms with Crippen LogP contribution in [0, 0.1) is 0 Å². The smallest absolute Gasteiger partial charge is 0.203 e. The van der Waals surface area contributed by atoms with Crippen molar-refractivity contribution in [3.05, 3.63) is 35.4 Å². The molecule has 0 fully saturated rings. The Morgan fingerprint density at radius 3 is 1.92 bits per heavy atom. The first-order chi connectivity index (χ1) is 12.7. The molecule has 0 amide bonds. The van der Waals surface area contributed by atoms with Gasteiger partial charge in [-0.1, -0.05) is 6.07 Å². The molecule has 2 aromatic rings. The fourth-order valence-corrected chi connectivity index (χ4v) is 3.28. The van der Waals surface area contributed by atoms with E-state index in [1.807, 2.05) is 24.3 Å². The van der Waals surface area contributed by atoms with Gasteiger partial charge in [-0.2, -0.15) is 0 Å². The number of ether oxygens (including phenoxy) is 6. The number of fused-ring (bicyclic) bond motifs is 1. The normalized spacial score (nSPS) is 15.5. The van der Waals surface area contributed by atoms with Crippen molar-refractivity contribution in [3.63, 3.8) is 0 Å². The zero-order valence-electron chi connectivity index (χ0n) is 15.8. The van der Waals surface area contributed by atoms with Gasteiger partial charge in [-0.05, 0) is 42.2 Å². The summed E-state index contributed by atoms with van der Waals surface area (Å²) < 4.78 is 33.5. The minimum absolute atomic E-state index is 0.155. The summed E-state index contributed by atoms with van der Waals surface area (Å²) in [6.45, 7) is 0. The molecule has 0 spiro atoms. The number of hydrogen-bond acceptors (Lipinski definition) is 6. The van der Waals surface area contributed by atoms with Gasteiger partial charge in [0.2, 0.25) is 11.5 Å². The number of aryl methyl sites for hydroxylation is 1. The second-order valence-corrected chi connectivity index (χ2v) is 5.89. The van der Waals surface area contributed by atoms with Gasteiger partial charge in [0.05, 0.1) is 35.5 Å². The van der Waals surface area contributed by atoms with Crippen molar-refractivity contribution >= 4 is 0 Å². The molecule has 1 aliphatic rings. The first-order valence-corrected chi connectivity index (χ1v) is 8.37. The van der Waals surface area contributed by atoms with Crippen LogP contribution in [0.25, 0.3) is 0 Å². The van der Waals surface area contributed by atoms with Crippen LogP contribution in [-0.2, 0) is 6.42 Å². The van der Waals surface area contributed by atoms with E-state index >= 15 is 0 Å². The Bertz CT molecular complexity index is 761. The molecular formula is C20H24O6. The third-order valence-corrected chi connectivity index (χ3v) is 4.58. The summed E-state index contributed by atoms with van der Waals surface area (Å²) >= 11 is 0. The van der Waals surface area contributed by atoms with Crippen LogP contribution in [0.4, 0.5) is 0 Å². The molecule has 0 unspecified atom stereocenters. The van der Waals surface area contributed by atoms with Crippen LogP contribution in [-0.4, -0.2) is 35.5 Å². The first-order valence-electron chi connectivity index (χ1n) is 8.37. The minimum atomic E-state index is -0.155. The van der Waals surface area contributed by atoms with Crippen molar-refractivity contribution < 1.29 is 28.4 Å². The maximum Gasteiger partial charge on any atom is 0.203 e. The Balaban J connectivity index is 2.01. The molecule has 140 valence electrons. The third-order valence-electron chi connectivity index (χ3n) is 4.58. The van der Waals surface area contributed by atoms with Gasteiger partial charge >= 0.3 is 0 Å². The van der Waals surface area contributed by atoms with Crippen LogP contribution in [0.5, 0.6) is 34.5 Å². The molecule has 3 rings (SSSR count). The molecule has 26 heavy (non-hydrogen) atoms. The minimum Gasteiger partial charge on any atom is -0.493 e. The Kier molecular flexibility index (Phi) is 5.30. The predicted molar refractivity (Wildman–Crippen MR) is 97.3 cm³/mol. The van der Waals surface area contributed by atoms with Crippen LogP contribution in [0.1, 0.15) is 23.7 Å². The molecule has 6 heteroatoms. The summed E-state index contributed by atoms with van der Waals surface area (Å²) in [4.78, 5) is 0. The van der Waals surface area contributed by atoms with Crippen molar-refractivity contribution in [2.24, 2.45) is 0 Å². The molecule has 1 aliphatic heterocycles. The summed E-state index contributed by atoms with van der Waals surface area (Å²) in [6.07, 6.45) is 1.55. The van der Waals surface area contributed by atoms with Gasteiger partial charge in [0.1, 0.15) is 6.10 Å². The summed E-state index contributed by atoms with van der Waals surface area (Å²) in [5, 5.41) is 0. The quantitative estimate of drug-likeness (QED) is 0.781. The van der Waals surface area contributed by atoms with Gasteiger partial charge in [0.25, 0.3) is 0 Å². The van der Waals surface area contributed by atoms with Crippen LogP contribution < -0.4 is 28.4 Å². The Labute approximate surface area is 153 Å². The van der Waals surface area contributed by atoms with Crippen LogP contribution in [0.15, 0.2) is 24.3 Å². The standard InChI is InChI=1S/C20H24O6/c1-21-15-9-7-12-6-8-14(26-18(12)20(15)25-5)13-10-16(22-2)19(24-4)17(11-13)23-3/h7,9-11,14H,6,8H2,1-5H3/t14-/m0/s1. The molecule has 0 aromatic heterocycles. The fourth-order valence-electron chi connectivity index (χ4n) is 3.28. The monoisotopic (exact) mass is 360 g/mol.